The molecule has 4 nitrogen and oxygen atoms in total. The third kappa shape index (κ3) is 4.45. The molecule has 2 N–H and O–H groups in total. The molecule has 0 atom stereocenters. The third-order valence-electron chi connectivity index (χ3n) is 2.46. The third-order valence-corrected chi connectivity index (χ3v) is 2.70. The number of halogens is 1. The van der Waals surface area contributed by atoms with E-state index >= 15 is 0 Å². The van der Waals surface area contributed by atoms with Crippen LogP contribution >= 0.6 is 11.6 Å². The van der Waals surface area contributed by atoms with Crippen LogP contribution in [0.2, 0.25) is 5.02 Å². The van der Waals surface area contributed by atoms with Gasteiger partial charge in [0.2, 0.25) is 0 Å². The normalized spacial score (nSPS) is 11.2. The van der Waals surface area contributed by atoms with Gasteiger partial charge in [-0.2, -0.15) is 0 Å². The van der Waals surface area contributed by atoms with Crippen molar-refractivity contribution in [3.63, 3.8) is 0 Å². The van der Waals surface area contributed by atoms with Crippen LogP contribution in [0.25, 0.3) is 0 Å². The molecule has 0 saturated heterocycles. The Kier molecular flexibility index (Phi) is 6.36. The zero-order chi connectivity index (χ0) is 13.4. The Labute approximate surface area is 113 Å². The van der Waals surface area contributed by atoms with Gasteiger partial charge in [0, 0.05) is 30.7 Å². The van der Waals surface area contributed by atoms with Crippen LogP contribution in [0.4, 0.5) is 0 Å². The highest BCUT2D eigenvalue weighted by atomic mass is 35.5. The molecule has 0 aliphatic carbocycles. The number of nitrogens with one attached hydrogen (secondary N) is 2. The van der Waals surface area contributed by atoms with E-state index in [1.807, 2.05) is 12.1 Å². The monoisotopic (exact) mass is 269 g/mol. The zero-order valence-corrected chi connectivity index (χ0v) is 11.8. The van der Waals surface area contributed by atoms with E-state index < -0.39 is 0 Å². The molecule has 18 heavy (non-hydrogen) atoms. The van der Waals surface area contributed by atoms with Crippen LogP contribution < -0.4 is 15.4 Å². The highest BCUT2D eigenvalue weighted by Crippen LogP contribution is 2.22. The maximum Gasteiger partial charge on any atom is 0.191 e. The highest BCUT2D eigenvalue weighted by molar-refractivity contribution is 6.30. The molecule has 0 saturated carbocycles. The minimum atomic E-state index is 0.643. The van der Waals surface area contributed by atoms with Crippen LogP contribution in [0.5, 0.6) is 5.75 Å². The summed E-state index contributed by atoms with van der Waals surface area (Å²) in [5.74, 6) is 1.56. The van der Waals surface area contributed by atoms with Crippen LogP contribution in [0.15, 0.2) is 23.2 Å². The van der Waals surface area contributed by atoms with Gasteiger partial charge in [-0.1, -0.05) is 24.6 Å². The summed E-state index contributed by atoms with van der Waals surface area (Å²) in [7, 11) is 3.39. The van der Waals surface area contributed by atoms with Crippen LogP contribution in [0.3, 0.4) is 0 Å². The number of methoxy groups -OCH3 is 1. The molecular formula is C13H20ClN3O. The predicted octanol–water partition coefficient (Wildman–Crippen LogP) is 2.42. The molecule has 0 fully saturated rings. The summed E-state index contributed by atoms with van der Waals surface area (Å²) in [4.78, 5) is 4.14. The van der Waals surface area contributed by atoms with E-state index in [1.165, 1.54) is 0 Å². The van der Waals surface area contributed by atoms with Gasteiger partial charge < -0.3 is 15.4 Å². The summed E-state index contributed by atoms with van der Waals surface area (Å²) in [6, 6.07) is 5.60. The second-order valence-electron chi connectivity index (χ2n) is 3.81. The van der Waals surface area contributed by atoms with Crippen molar-refractivity contribution < 1.29 is 4.74 Å². The van der Waals surface area contributed by atoms with E-state index in [9.17, 15) is 0 Å². The van der Waals surface area contributed by atoms with Crippen LogP contribution in [-0.4, -0.2) is 26.7 Å². The SMILES string of the molecule is CCCNC(=NC)NCc1ccc(Cl)cc1OC. The average Bonchev–Trinajstić information content (AvgIpc) is 2.40. The Bertz CT molecular complexity index is 407. The quantitative estimate of drug-likeness (QED) is 0.637. The standard InChI is InChI=1S/C13H20ClN3O/c1-4-7-16-13(15-2)17-9-10-5-6-11(14)8-12(10)18-3/h5-6,8H,4,7,9H2,1-3H3,(H2,15,16,17). The molecule has 0 unspecified atom stereocenters. The number of rotatable bonds is 5. The van der Waals surface area contributed by atoms with Crippen LogP contribution in [0.1, 0.15) is 18.9 Å². The summed E-state index contributed by atoms with van der Waals surface area (Å²) in [5, 5.41) is 7.11. The molecule has 0 heterocycles. The van der Waals surface area contributed by atoms with E-state index in [-0.39, 0.29) is 0 Å². The first kappa shape index (κ1) is 14.6. The van der Waals surface area contributed by atoms with E-state index in [1.54, 1.807) is 20.2 Å². The first-order valence-electron chi connectivity index (χ1n) is 5.98. The summed E-state index contributed by atoms with van der Waals surface area (Å²) >= 11 is 5.92. The maximum absolute atomic E-state index is 5.92. The molecule has 0 amide bonds. The van der Waals surface area contributed by atoms with Gasteiger partial charge >= 0.3 is 0 Å². The predicted molar refractivity (Wildman–Crippen MR) is 76.5 cm³/mol. The zero-order valence-electron chi connectivity index (χ0n) is 11.1. The minimum Gasteiger partial charge on any atom is -0.496 e. The fourth-order valence-corrected chi connectivity index (χ4v) is 1.67. The number of ether oxygens (including phenoxy) is 1. The van der Waals surface area contributed by atoms with Gasteiger partial charge in [0.1, 0.15) is 5.75 Å². The van der Waals surface area contributed by atoms with Crippen molar-refractivity contribution in [3.8, 4) is 5.75 Å². The fraction of sp³-hybridized carbons (Fsp3) is 0.462. The molecule has 0 aliphatic rings. The topological polar surface area (TPSA) is 45.7 Å². The van der Waals surface area contributed by atoms with Crippen molar-refractivity contribution >= 4 is 17.6 Å². The molecule has 0 aromatic heterocycles. The Balaban J connectivity index is 2.62. The molecule has 0 bridgehead atoms. The van der Waals surface area contributed by atoms with Gasteiger partial charge in [-0.25, -0.2) is 0 Å². The Morgan fingerprint density at radius 3 is 2.78 bits per heavy atom. The van der Waals surface area contributed by atoms with Crippen LogP contribution in [-0.2, 0) is 6.54 Å². The lowest BCUT2D eigenvalue weighted by molar-refractivity contribution is 0.409. The first-order chi connectivity index (χ1) is 8.71. The lowest BCUT2D eigenvalue weighted by atomic mass is 10.2. The van der Waals surface area contributed by atoms with Gasteiger partial charge in [0.05, 0.1) is 7.11 Å². The summed E-state index contributed by atoms with van der Waals surface area (Å²) in [6.07, 6.45) is 1.06. The van der Waals surface area contributed by atoms with Gasteiger partial charge in [-0.05, 0) is 18.6 Å². The van der Waals surface area contributed by atoms with Crippen molar-refractivity contribution in [3.05, 3.63) is 28.8 Å². The average molecular weight is 270 g/mol. The second kappa shape index (κ2) is 7.82. The fourth-order valence-electron chi connectivity index (χ4n) is 1.51. The number of aliphatic imine (C=N–C) groups is 1. The molecule has 1 aromatic carbocycles. The van der Waals surface area contributed by atoms with E-state index in [2.05, 4.69) is 22.5 Å². The molecule has 0 radical (unpaired) electrons. The Hall–Kier alpha value is -1.42. The van der Waals surface area contributed by atoms with E-state index in [0.29, 0.717) is 11.6 Å². The second-order valence-corrected chi connectivity index (χ2v) is 4.25. The van der Waals surface area contributed by atoms with E-state index in [0.717, 1.165) is 30.2 Å². The van der Waals surface area contributed by atoms with Crippen molar-refractivity contribution in [2.24, 2.45) is 4.99 Å². The molecule has 0 spiro atoms. The summed E-state index contributed by atoms with van der Waals surface area (Å²) in [6.45, 7) is 3.66. The van der Waals surface area contributed by atoms with Gasteiger partial charge in [-0.3, -0.25) is 4.99 Å². The molecule has 100 valence electrons. The molecule has 5 heteroatoms. The smallest absolute Gasteiger partial charge is 0.191 e. The number of hydrogen-bond acceptors (Lipinski definition) is 2. The number of hydrogen-bond donors (Lipinski definition) is 2. The van der Waals surface area contributed by atoms with Crippen molar-refractivity contribution in [2.45, 2.75) is 19.9 Å². The Morgan fingerprint density at radius 2 is 2.17 bits per heavy atom. The maximum atomic E-state index is 5.92. The lowest BCUT2D eigenvalue weighted by Gasteiger charge is -2.13. The molecule has 1 rings (SSSR count). The Morgan fingerprint density at radius 1 is 1.39 bits per heavy atom. The van der Waals surface area contributed by atoms with Crippen molar-refractivity contribution in [1.82, 2.24) is 10.6 Å². The van der Waals surface area contributed by atoms with Crippen molar-refractivity contribution in [1.29, 1.82) is 0 Å². The van der Waals surface area contributed by atoms with Gasteiger partial charge in [-0.15, -0.1) is 0 Å². The molecular weight excluding hydrogens is 250 g/mol. The molecule has 1 aromatic rings. The van der Waals surface area contributed by atoms with Crippen molar-refractivity contribution in [2.75, 3.05) is 20.7 Å². The largest absolute Gasteiger partial charge is 0.496 e. The van der Waals surface area contributed by atoms with Gasteiger partial charge in [0.15, 0.2) is 5.96 Å². The first-order valence-corrected chi connectivity index (χ1v) is 6.36. The number of benzene rings is 1. The minimum absolute atomic E-state index is 0.643. The lowest BCUT2D eigenvalue weighted by Crippen LogP contribution is -2.37. The number of guanidine groups is 1. The number of nitrogens with zero attached hydrogens (tertiary/aromatic N) is 1. The highest BCUT2D eigenvalue weighted by Gasteiger charge is 2.04. The summed E-state index contributed by atoms with van der Waals surface area (Å²) in [5.41, 5.74) is 1.04. The summed E-state index contributed by atoms with van der Waals surface area (Å²) < 4.78 is 5.29. The molecule has 0 aliphatic heterocycles. The van der Waals surface area contributed by atoms with Gasteiger partial charge in [0.25, 0.3) is 0 Å². The van der Waals surface area contributed by atoms with E-state index in [4.69, 9.17) is 16.3 Å². The van der Waals surface area contributed by atoms with Crippen LogP contribution in [0, 0.1) is 0 Å².